The number of anilines is 2. The summed E-state index contributed by atoms with van der Waals surface area (Å²) in [4.78, 5) is 19.9. The predicted octanol–water partition coefficient (Wildman–Crippen LogP) is 0.683. The van der Waals surface area contributed by atoms with E-state index in [1.807, 2.05) is 27.8 Å². The number of carbonyl (C=O) groups excluding carboxylic acids is 1. The van der Waals surface area contributed by atoms with Crippen molar-refractivity contribution in [3.8, 4) is 0 Å². The van der Waals surface area contributed by atoms with E-state index in [1.165, 1.54) is 0 Å². The zero-order valence-electron chi connectivity index (χ0n) is 10.7. The van der Waals surface area contributed by atoms with Crippen molar-refractivity contribution in [2.75, 3.05) is 30.8 Å². The average molecular weight is 237 g/mol. The van der Waals surface area contributed by atoms with Crippen LogP contribution in [0.5, 0.6) is 0 Å². The Kier molecular flexibility index (Phi) is 4.68. The number of aromatic nitrogens is 2. The van der Waals surface area contributed by atoms with E-state index in [2.05, 4.69) is 25.9 Å². The van der Waals surface area contributed by atoms with Gasteiger partial charge in [0.25, 0.3) is 0 Å². The summed E-state index contributed by atoms with van der Waals surface area (Å²) in [6.45, 7) is 6.46. The topological polar surface area (TPSA) is 78.9 Å². The zero-order valence-corrected chi connectivity index (χ0v) is 10.7. The minimum absolute atomic E-state index is 0.0471. The second-order valence-corrected chi connectivity index (χ2v) is 3.65. The number of aryl methyl sites for hydroxylation is 1. The van der Waals surface area contributed by atoms with E-state index in [-0.39, 0.29) is 12.5 Å². The molecule has 0 bridgehead atoms. The molecule has 0 fully saturated rings. The fourth-order valence-electron chi connectivity index (χ4n) is 1.47. The van der Waals surface area contributed by atoms with Gasteiger partial charge in [0.15, 0.2) is 0 Å². The molecule has 0 spiro atoms. The molecule has 6 nitrogen and oxygen atoms in total. The van der Waals surface area contributed by atoms with Crippen LogP contribution in [0.25, 0.3) is 0 Å². The fourth-order valence-corrected chi connectivity index (χ4v) is 1.47. The van der Waals surface area contributed by atoms with E-state index in [1.54, 1.807) is 0 Å². The van der Waals surface area contributed by atoms with Crippen LogP contribution in [0.1, 0.15) is 18.3 Å². The monoisotopic (exact) mass is 237 g/mol. The van der Waals surface area contributed by atoms with Gasteiger partial charge in [0.05, 0.1) is 6.54 Å². The Labute approximate surface area is 101 Å². The van der Waals surface area contributed by atoms with Crippen molar-refractivity contribution in [1.82, 2.24) is 15.3 Å². The van der Waals surface area contributed by atoms with Crippen LogP contribution in [-0.4, -0.2) is 36.0 Å². The molecule has 17 heavy (non-hydrogen) atoms. The van der Waals surface area contributed by atoms with Crippen molar-refractivity contribution in [1.29, 1.82) is 0 Å². The quantitative estimate of drug-likeness (QED) is 0.702. The molecule has 1 heterocycles. The smallest absolute Gasteiger partial charge is 0.239 e. The number of hydrogen-bond acceptors (Lipinski definition) is 5. The third-order valence-electron chi connectivity index (χ3n) is 2.28. The summed E-state index contributed by atoms with van der Waals surface area (Å²) in [6, 6.07) is 0. The van der Waals surface area contributed by atoms with E-state index < -0.39 is 0 Å². The molecule has 0 aliphatic rings. The zero-order chi connectivity index (χ0) is 12.8. The molecule has 0 unspecified atom stereocenters. The molecule has 0 radical (unpaired) electrons. The van der Waals surface area contributed by atoms with Crippen LogP contribution in [0.4, 0.5) is 11.6 Å². The van der Waals surface area contributed by atoms with Crippen molar-refractivity contribution in [2.24, 2.45) is 0 Å². The largest absolute Gasteiger partial charge is 0.373 e. The Morgan fingerprint density at radius 3 is 2.47 bits per heavy atom. The van der Waals surface area contributed by atoms with Gasteiger partial charge in [-0.2, -0.15) is 0 Å². The van der Waals surface area contributed by atoms with Crippen LogP contribution < -0.4 is 16.0 Å². The summed E-state index contributed by atoms with van der Waals surface area (Å²) in [6.07, 6.45) is 0. The first-order chi connectivity index (χ1) is 8.08. The highest BCUT2D eigenvalue weighted by molar-refractivity contribution is 5.80. The summed E-state index contributed by atoms with van der Waals surface area (Å²) in [7, 11) is 1.81. The van der Waals surface area contributed by atoms with Gasteiger partial charge in [-0.3, -0.25) is 4.79 Å². The lowest BCUT2D eigenvalue weighted by Gasteiger charge is -2.12. The summed E-state index contributed by atoms with van der Waals surface area (Å²) in [5.41, 5.74) is 0.905. The predicted molar refractivity (Wildman–Crippen MR) is 68.2 cm³/mol. The molecule has 1 aromatic rings. The summed E-state index contributed by atoms with van der Waals surface area (Å²) in [5.74, 6) is 2.08. The highest BCUT2D eigenvalue weighted by atomic mass is 16.1. The van der Waals surface area contributed by atoms with Crippen LogP contribution in [0.15, 0.2) is 0 Å². The molecule has 94 valence electrons. The normalized spacial score (nSPS) is 9.88. The maximum atomic E-state index is 11.3. The number of carbonyl (C=O) groups is 1. The molecule has 0 saturated carbocycles. The van der Waals surface area contributed by atoms with E-state index in [4.69, 9.17) is 0 Å². The summed E-state index contributed by atoms with van der Waals surface area (Å²) in [5, 5.41) is 8.73. The van der Waals surface area contributed by atoms with Crippen molar-refractivity contribution < 1.29 is 4.79 Å². The number of hydrogen-bond donors (Lipinski definition) is 3. The maximum Gasteiger partial charge on any atom is 0.239 e. The van der Waals surface area contributed by atoms with Crippen LogP contribution in [-0.2, 0) is 4.79 Å². The molecule has 0 saturated heterocycles. The molecule has 0 aliphatic carbocycles. The lowest BCUT2D eigenvalue weighted by molar-refractivity contribution is -0.119. The van der Waals surface area contributed by atoms with Crippen LogP contribution in [0, 0.1) is 13.8 Å². The molecule has 0 atom stereocenters. The lowest BCUT2D eigenvalue weighted by Crippen LogP contribution is -2.30. The van der Waals surface area contributed by atoms with E-state index in [9.17, 15) is 4.79 Å². The van der Waals surface area contributed by atoms with Gasteiger partial charge < -0.3 is 16.0 Å². The van der Waals surface area contributed by atoms with Crippen molar-refractivity contribution >= 4 is 17.5 Å². The molecular formula is C11H19N5O. The van der Waals surface area contributed by atoms with Gasteiger partial charge >= 0.3 is 0 Å². The van der Waals surface area contributed by atoms with Gasteiger partial charge in [-0.25, -0.2) is 9.97 Å². The highest BCUT2D eigenvalue weighted by Crippen LogP contribution is 2.18. The Morgan fingerprint density at radius 1 is 1.24 bits per heavy atom. The van der Waals surface area contributed by atoms with Crippen molar-refractivity contribution in [2.45, 2.75) is 20.8 Å². The average Bonchev–Trinajstić information content (AvgIpc) is 2.30. The first kappa shape index (κ1) is 13.2. The molecular weight excluding hydrogens is 218 g/mol. The molecule has 1 amide bonds. The number of nitrogens with one attached hydrogen (secondary N) is 3. The van der Waals surface area contributed by atoms with Gasteiger partial charge in [0.2, 0.25) is 5.91 Å². The van der Waals surface area contributed by atoms with E-state index in [0.717, 1.165) is 11.4 Å². The third-order valence-corrected chi connectivity index (χ3v) is 2.28. The molecule has 0 aromatic carbocycles. The Balaban J connectivity index is 2.77. The Bertz CT molecular complexity index is 405. The second kappa shape index (κ2) is 6.03. The van der Waals surface area contributed by atoms with Gasteiger partial charge in [0, 0.05) is 19.2 Å². The van der Waals surface area contributed by atoms with Crippen LogP contribution in [0.2, 0.25) is 0 Å². The van der Waals surface area contributed by atoms with Gasteiger partial charge in [-0.15, -0.1) is 0 Å². The SMILES string of the molecule is CCNC(=O)CNc1nc(C)nc(NC)c1C. The number of likely N-dealkylation sites (N-methyl/N-ethyl adjacent to an activating group) is 1. The highest BCUT2D eigenvalue weighted by Gasteiger charge is 2.08. The van der Waals surface area contributed by atoms with Gasteiger partial charge in [0.1, 0.15) is 17.5 Å². The summed E-state index contributed by atoms with van der Waals surface area (Å²) < 4.78 is 0. The lowest BCUT2D eigenvalue weighted by atomic mass is 10.3. The minimum Gasteiger partial charge on any atom is -0.373 e. The van der Waals surface area contributed by atoms with Crippen molar-refractivity contribution in [3.05, 3.63) is 11.4 Å². The molecule has 6 heteroatoms. The molecule has 0 aliphatic heterocycles. The molecule has 1 aromatic heterocycles. The maximum absolute atomic E-state index is 11.3. The standard InChI is InChI=1S/C11H19N5O/c1-5-13-9(17)6-14-11-7(2)10(12-4)15-8(3)16-11/h5-6H2,1-4H3,(H,13,17)(H2,12,14,15,16). The number of nitrogens with zero attached hydrogens (tertiary/aromatic N) is 2. The van der Waals surface area contributed by atoms with E-state index in [0.29, 0.717) is 18.2 Å². The minimum atomic E-state index is -0.0471. The first-order valence-corrected chi connectivity index (χ1v) is 5.62. The third kappa shape index (κ3) is 3.58. The Morgan fingerprint density at radius 2 is 1.88 bits per heavy atom. The second-order valence-electron chi connectivity index (χ2n) is 3.65. The van der Waals surface area contributed by atoms with Crippen LogP contribution in [0.3, 0.4) is 0 Å². The molecule has 1 rings (SSSR count). The van der Waals surface area contributed by atoms with Gasteiger partial charge in [-0.05, 0) is 20.8 Å². The van der Waals surface area contributed by atoms with Gasteiger partial charge in [-0.1, -0.05) is 0 Å². The Hall–Kier alpha value is -1.85. The van der Waals surface area contributed by atoms with Crippen molar-refractivity contribution in [3.63, 3.8) is 0 Å². The molecule has 3 N–H and O–H groups in total. The fraction of sp³-hybridized carbons (Fsp3) is 0.545. The van der Waals surface area contributed by atoms with E-state index >= 15 is 0 Å². The first-order valence-electron chi connectivity index (χ1n) is 5.62. The number of amides is 1. The number of rotatable bonds is 5. The summed E-state index contributed by atoms with van der Waals surface area (Å²) >= 11 is 0. The van der Waals surface area contributed by atoms with Crippen LogP contribution >= 0.6 is 0 Å².